The van der Waals surface area contributed by atoms with Gasteiger partial charge in [-0.25, -0.2) is 0 Å². The Morgan fingerprint density at radius 1 is 1.44 bits per heavy atom. The first-order valence-corrected chi connectivity index (χ1v) is 5.99. The fourth-order valence-corrected chi connectivity index (χ4v) is 2.31. The van der Waals surface area contributed by atoms with Gasteiger partial charge in [0, 0.05) is 10.4 Å². The summed E-state index contributed by atoms with van der Waals surface area (Å²) >= 11 is 6.34. The smallest absolute Gasteiger partial charge is 0.231 e. The maximum atomic E-state index is 11.4. The van der Waals surface area contributed by atoms with E-state index in [2.05, 4.69) is 17.5 Å². The van der Waals surface area contributed by atoms with Gasteiger partial charge in [0.2, 0.25) is 5.91 Å². The van der Waals surface area contributed by atoms with Crippen molar-refractivity contribution in [2.45, 2.75) is 6.42 Å². The number of nitrogens with two attached hydrogens (primary N) is 1. The van der Waals surface area contributed by atoms with E-state index in [0.717, 1.165) is 11.1 Å². The molecule has 0 aliphatic heterocycles. The van der Waals surface area contributed by atoms with Crippen LogP contribution in [-0.2, 0) is 4.79 Å². The Balaban J connectivity index is 2.14. The van der Waals surface area contributed by atoms with Gasteiger partial charge in [0.05, 0.1) is 11.4 Å². The summed E-state index contributed by atoms with van der Waals surface area (Å²) in [5.74, 6) is -0.179. The van der Waals surface area contributed by atoms with Gasteiger partial charge in [-0.05, 0) is 35.0 Å². The molecule has 0 unspecified atom stereocenters. The van der Waals surface area contributed by atoms with Crippen molar-refractivity contribution in [1.29, 1.82) is 0 Å². The van der Waals surface area contributed by atoms with Gasteiger partial charge in [0.15, 0.2) is 0 Å². The second-order valence-corrected chi connectivity index (χ2v) is 4.84. The Labute approximate surface area is 102 Å². The van der Waals surface area contributed by atoms with Gasteiger partial charge in [0.1, 0.15) is 0 Å². The Bertz CT molecular complexity index is 548. The summed E-state index contributed by atoms with van der Waals surface area (Å²) in [6, 6.07) is 7.80. The summed E-state index contributed by atoms with van der Waals surface area (Å²) in [7, 11) is 0. The first-order valence-electron chi connectivity index (χ1n) is 4.70. The van der Waals surface area contributed by atoms with Crippen LogP contribution in [0.2, 0.25) is 0 Å². The van der Waals surface area contributed by atoms with Crippen molar-refractivity contribution in [3.8, 4) is 0 Å². The van der Waals surface area contributed by atoms with Crippen molar-refractivity contribution in [1.82, 2.24) is 0 Å². The van der Waals surface area contributed by atoms with Crippen molar-refractivity contribution in [2.75, 3.05) is 5.32 Å². The maximum absolute atomic E-state index is 11.4. The van der Waals surface area contributed by atoms with E-state index in [4.69, 9.17) is 5.73 Å². The minimum absolute atomic E-state index is 0.0804. The highest BCUT2D eigenvalue weighted by Crippen LogP contribution is 2.23. The SMILES string of the molecule is NC(=S)CC(=O)Nc1ccc2sccc2c1. The first kappa shape index (κ1) is 11.0. The van der Waals surface area contributed by atoms with Crippen LogP contribution in [0.15, 0.2) is 29.6 Å². The van der Waals surface area contributed by atoms with E-state index in [0.29, 0.717) is 0 Å². The predicted molar refractivity (Wildman–Crippen MR) is 71.9 cm³/mol. The summed E-state index contributed by atoms with van der Waals surface area (Å²) in [6.07, 6.45) is 0.0804. The number of carbonyl (C=O) groups excluding carboxylic acids is 1. The second kappa shape index (κ2) is 4.59. The van der Waals surface area contributed by atoms with Crippen LogP contribution in [0.4, 0.5) is 5.69 Å². The maximum Gasteiger partial charge on any atom is 0.231 e. The molecule has 0 saturated heterocycles. The summed E-state index contributed by atoms with van der Waals surface area (Å²) in [5.41, 5.74) is 6.06. The lowest BCUT2D eigenvalue weighted by molar-refractivity contribution is -0.115. The van der Waals surface area contributed by atoms with Crippen molar-refractivity contribution in [3.05, 3.63) is 29.6 Å². The minimum atomic E-state index is -0.179. The molecule has 0 spiro atoms. The van der Waals surface area contributed by atoms with E-state index in [9.17, 15) is 4.79 Å². The second-order valence-electron chi connectivity index (χ2n) is 3.36. The largest absolute Gasteiger partial charge is 0.393 e. The van der Waals surface area contributed by atoms with Crippen molar-refractivity contribution in [2.24, 2.45) is 5.73 Å². The molecule has 1 amide bonds. The zero-order valence-electron chi connectivity index (χ0n) is 8.40. The van der Waals surface area contributed by atoms with Crippen LogP contribution in [0.5, 0.6) is 0 Å². The fraction of sp³-hybridized carbons (Fsp3) is 0.0909. The van der Waals surface area contributed by atoms with Gasteiger partial charge in [-0.3, -0.25) is 4.79 Å². The predicted octanol–water partition coefficient (Wildman–Crippen LogP) is 2.52. The topological polar surface area (TPSA) is 55.1 Å². The molecule has 0 fully saturated rings. The monoisotopic (exact) mass is 250 g/mol. The van der Waals surface area contributed by atoms with Gasteiger partial charge in [-0.2, -0.15) is 0 Å². The summed E-state index contributed by atoms with van der Waals surface area (Å²) in [5, 5.41) is 5.90. The third kappa shape index (κ3) is 2.56. The number of rotatable bonds is 3. The summed E-state index contributed by atoms with van der Waals surface area (Å²) in [6.45, 7) is 0. The third-order valence-electron chi connectivity index (χ3n) is 2.07. The van der Waals surface area contributed by atoms with Crippen molar-refractivity contribution >= 4 is 50.2 Å². The molecule has 0 aliphatic rings. The Morgan fingerprint density at radius 2 is 2.25 bits per heavy atom. The number of thiophene rings is 1. The summed E-state index contributed by atoms with van der Waals surface area (Å²) in [4.78, 5) is 11.6. The fourth-order valence-electron chi connectivity index (χ4n) is 1.41. The van der Waals surface area contributed by atoms with Gasteiger partial charge in [0.25, 0.3) is 0 Å². The number of nitrogens with one attached hydrogen (secondary N) is 1. The van der Waals surface area contributed by atoms with Crippen LogP contribution in [0.3, 0.4) is 0 Å². The van der Waals surface area contributed by atoms with Crippen LogP contribution in [0.1, 0.15) is 6.42 Å². The molecule has 0 aliphatic carbocycles. The van der Waals surface area contributed by atoms with E-state index < -0.39 is 0 Å². The minimum Gasteiger partial charge on any atom is -0.393 e. The average molecular weight is 250 g/mol. The van der Waals surface area contributed by atoms with Gasteiger partial charge < -0.3 is 11.1 Å². The molecule has 5 heteroatoms. The quantitative estimate of drug-likeness (QED) is 0.823. The lowest BCUT2D eigenvalue weighted by atomic mass is 10.2. The number of benzene rings is 1. The number of hydrogen-bond donors (Lipinski definition) is 2. The van der Waals surface area contributed by atoms with Crippen molar-refractivity contribution in [3.63, 3.8) is 0 Å². The van der Waals surface area contributed by atoms with Gasteiger partial charge >= 0.3 is 0 Å². The number of thiocarbonyl (C=S) groups is 1. The molecule has 2 rings (SSSR count). The molecule has 0 radical (unpaired) electrons. The van der Waals surface area contributed by atoms with Crippen LogP contribution in [0, 0.1) is 0 Å². The molecule has 1 aromatic carbocycles. The number of fused-ring (bicyclic) bond motifs is 1. The number of amides is 1. The molecular weight excluding hydrogens is 240 g/mol. The van der Waals surface area contributed by atoms with Crippen molar-refractivity contribution < 1.29 is 4.79 Å². The molecule has 1 aromatic heterocycles. The number of carbonyl (C=O) groups is 1. The molecule has 3 N–H and O–H groups in total. The third-order valence-corrected chi connectivity index (χ3v) is 3.11. The molecule has 16 heavy (non-hydrogen) atoms. The van der Waals surface area contributed by atoms with E-state index in [1.807, 2.05) is 29.6 Å². The molecular formula is C11H10N2OS2. The van der Waals surface area contributed by atoms with E-state index in [1.165, 1.54) is 4.70 Å². The molecule has 3 nitrogen and oxygen atoms in total. The highest BCUT2D eigenvalue weighted by Gasteiger charge is 2.04. The van der Waals surface area contributed by atoms with E-state index in [-0.39, 0.29) is 17.3 Å². The molecule has 82 valence electrons. The van der Waals surface area contributed by atoms with Gasteiger partial charge in [-0.15, -0.1) is 11.3 Å². The van der Waals surface area contributed by atoms with Crippen LogP contribution < -0.4 is 11.1 Å². The molecule has 0 saturated carbocycles. The standard InChI is InChI=1S/C11H10N2OS2/c12-10(15)6-11(14)13-8-1-2-9-7(5-8)3-4-16-9/h1-5H,6H2,(H2,12,15)(H,13,14). The normalized spacial score (nSPS) is 10.2. The number of anilines is 1. The Morgan fingerprint density at radius 3 is 3.00 bits per heavy atom. The molecule has 1 heterocycles. The highest BCUT2D eigenvalue weighted by atomic mass is 32.1. The molecule has 0 bridgehead atoms. The average Bonchev–Trinajstić information content (AvgIpc) is 2.63. The zero-order chi connectivity index (χ0) is 11.5. The highest BCUT2D eigenvalue weighted by molar-refractivity contribution is 7.80. The van der Waals surface area contributed by atoms with E-state index in [1.54, 1.807) is 11.3 Å². The van der Waals surface area contributed by atoms with Crippen LogP contribution in [-0.4, -0.2) is 10.9 Å². The first-order chi connectivity index (χ1) is 7.65. The summed E-state index contributed by atoms with van der Waals surface area (Å²) < 4.78 is 1.20. The van der Waals surface area contributed by atoms with Gasteiger partial charge in [-0.1, -0.05) is 12.2 Å². The van der Waals surface area contributed by atoms with Crippen LogP contribution in [0.25, 0.3) is 10.1 Å². The van der Waals surface area contributed by atoms with E-state index >= 15 is 0 Å². The lowest BCUT2D eigenvalue weighted by Gasteiger charge is -2.04. The molecule has 2 aromatic rings. The zero-order valence-corrected chi connectivity index (χ0v) is 10.0. The molecule has 0 atom stereocenters. The van der Waals surface area contributed by atoms with Crippen LogP contribution >= 0.6 is 23.6 Å². The Hall–Kier alpha value is -1.46. The number of hydrogen-bond acceptors (Lipinski definition) is 3. The Kier molecular flexibility index (Phi) is 3.17. The lowest BCUT2D eigenvalue weighted by Crippen LogP contribution is -2.19.